The van der Waals surface area contributed by atoms with Gasteiger partial charge < -0.3 is 19.5 Å². The summed E-state index contributed by atoms with van der Waals surface area (Å²) in [5.74, 6) is -0.275. The number of rotatable bonds is 3. The number of carbonyl (C=O) groups is 2. The van der Waals surface area contributed by atoms with Crippen LogP contribution in [0.1, 0.15) is 34.6 Å². The summed E-state index contributed by atoms with van der Waals surface area (Å²) in [6.07, 6.45) is 4.08. The highest BCUT2D eigenvalue weighted by Crippen LogP contribution is 2.42. The van der Waals surface area contributed by atoms with Crippen molar-refractivity contribution in [3.8, 4) is 0 Å². The van der Waals surface area contributed by atoms with Gasteiger partial charge in [0.15, 0.2) is 0 Å². The molecule has 2 aliphatic heterocycles. The highest BCUT2D eigenvalue weighted by Gasteiger charge is 2.48. The van der Waals surface area contributed by atoms with Crippen LogP contribution >= 0.6 is 11.3 Å². The van der Waals surface area contributed by atoms with Crippen molar-refractivity contribution in [3.05, 3.63) is 40.1 Å². The largest absolute Gasteiger partial charge is 0.381 e. The zero-order chi connectivity index (χ0) is 18.1. The Morgan fingerprint density at radius 3 is 2.92 bits per heavy atom. The van der Waals surface area contributed by atoms with Crippen LogP contribution in [0.2, 0.25) is 0 Å². The first-order valence-corrected chi connectivity index (χ1v) is 9.75. The van der Waals surface area contributed by atoms with E-state index >= 15 is 0 Å². The number of aromatic nitrogens is 2. The van der Waals surface area contributed by atoms with Gasteiger partial charge in [-0.05, 0) is 24.3 Å². The van der Waals surface area contributed by atoms with Crippen LogP contribution < -0.4 is 5.32 Å². The molecule has 0 radical (unpaired) electrons. The summed E-state index contributed by atoms with van der Waals surface area (Å²) in [5.41, 5.74) is 2.36. The fraction of sp³-hybridized carbons (Fsp3) is 0.500. The Bertz CT molecular complexity index is 809. The predicted molar refractivity (Wildman–Crippen MR) is 97.0 cm³/mol. The van der Waals surface area contributed by atoms with Crippen LogP contribution in [0, 0.1) is 0 Å². The lowest BCUT2D eigenvalue weighted by Gasteiger charge is -2.48. The maximum Gasteiger partial charge on any atom is 0.252 e. The number of ether oxygens (including phenoxy) is 1. The van der Waals surface area contributed by atoms with Gasteiger partial charge in [0.1, 0.15) is 0 Å². The third-order valence-corrected chi connectivity index (χ3v) is 6.08. The Balaban J connectivity index is 1.54. The Morgan fingerprint density at radius 2 is 2.19 bits per heavy atom. The van der Waals surface area contributed by atoms with Gasteiger partial charge in [-0.2, -0.15) is 11.3 Å². The van der Waals surface area contributed by atoms with Crippen molar-refractivity contribution in [1.29, 1.82) is 0 Å². The molecule has 0 unspecified atom stereocenters. The van der Waals surface area contributed by atoms with E-state index in [0.29, 0.717) is 25.3 Å². The molecule has 4 rings (SSSR count). The molecule has 0 bridgehead atoms. The molecule has 26 heavy (non-hydrogen) atoms. The second-order valence-electron chi connectivity index (χ2n) is 6.78. The fourth-order valence-corrected chi connectivity index (χ4v) is 4.66. The van der Waals surface area contributed by atoms with Gasteiger partial charge in [0.05, 0.1) is 24.1 Å². The van der Waals surface area contributed by atoms with E-state index in [1.54, 1.807) is 11.4 Å². The lowest BCUT2D eigenvalue weighted by atomic mass is 9.80. The normalized spacial score (nSPS) is 18.6. The van der Waals surface area contributed by atoms with E-state index in [2.05, 4.69) is 10.3 Å². The van der Waals surface area contributed by atoms with Gasteiger partial charge in [-0.3, -0.25) is 9.59 Å². The molecule has 7 nitrogen and oxygen atoms in total. The Labute approximate surface area is 156 Å². The summed E-state index contributed by atoms with van der Waals surface area (Å²) in [6.45, 7) is 1.86. The molecule has 0 saturated carbocycles. The van der Waals surface area contributed by atoms with Crippen molar-refractivity contribution >= 4 is 23.2 Å². The molecule has 4 heterocycles. The smallest absolute Gasteiger partial charge is 0.252 e. The van der Waals surface area contributed by atoms with E-state index in [1.165, 1.54) is 17.0 Å². The highest BCUT2D eigenvalue weighted by molar-refractivity contribution is 7.08. The molecule has 2 amide bonds. The van der Waals surface area contributed by atoms with E-state index in [9.17, 15) is 9.59 Å². The summed E-state index contributed by atoms with van der Waals surface area (Å²) in [7, 11) is 2.00. The SMILES string of the molecule is Cn1cnc2c1CCN(C(=O)CNC(=O)c1ccsc1)C21CCOCC1. The van der Waals surface area contributed by atoms with Gasteiger partial charge >= 0.3 is 0 Å². The number of thiophene rings is 1. The summed E-state index contributed by atoms with van der Waals surface area (Å²) >= 11 is 1.46. The van der Waals surface area contributed by atoms with Crippen molar-refractivity contribution in [2.24, 2.45) is 7.05 Å². The van der Waals surface area contributed by atoms with Crippen molar-refractivity contribution < 1.29 is 14.3 Å². The fourth-order valence-electron chi connectivity index (χ4n) is 4.02. The maximum atomic E-state index is 13.0. The molecular weight excluding hydrogens is 352 g/mol. The lowest BCUT2D eigenvalue weighted by molar-refractivity contribution is -0.143. The van der Waals surface area contributed by atoms with Gasteiger partial charge in [-0.25, -0.2) is 4.98 Å². The molecule has 2 aromatic heterocycles. The minimum atomic E-state index is -0.419. The quantitative estimate of drug-likeness (QED) is 0.879. The number of hydrogen-bond acceptors (Lipinski definition) is 5. The molecule has 1 N–H and O–H groups in total. The minimum Gasteiger partial charge on any atom is -0.381 e. The third-order valence-electron chi connectivity index (χ3n) is 5.39. The third kappa shape index (κ3) is 2.83. The molecule has 8 heteroatoms. The number of imidazole rings is 1. The van der Waals surface area contributed by atoms with Gasteiger partial charge in [0.25, 0.3) is 5.91 Å². The number of fused-ring (bicyclic) bond motifs is 2. The maximum absolute atomic E-state index is 13.0. The van der Waals surface area contributed by atoms with E-state index in [-0.39, 0.29) is 18.4 Å². The van der Waals surface area contributed by atoms with E-state index in [4.69, 9.17) is 4.74 Å². The van der Waals surface area contributed by atoms with Crippen LogP contribution in [0.3, 0.4) is 0 Å². The molecule has 0 aliphatic carbocycles. The monoisotopic (exact) mass is 374 g/mol. The van der Waals surface area contributed by atoms with Gasteiger partial charge in [0.2, 0.25) is 5.91 Å². The topological polar surface area (TPSA) is 76.5 Å². The van der Waals surface area contributed by atoms with Gasteiger partial charge in [0, 0.05) is 49.9 Å². The Kier molecular flexibility index (Phi) is 4.54. The van der Waals surface area contributed by atoms with Crippen LogP contribution in [-0.2, 0) is 28.5 Å². The standard InChI is InChI=1S/C18H22N4O3S/c1-21-12-20-16-14(21)2-6-22(18(16)4-7-25-8-5-18)15(23)10-19-17(24)13-3-9-26-11-13/h3,9,11-12H,2,4-8,10H2,1H3,(H,19,24). The average molecular weight is 374 g/mol. The molecule has 0 atom stereocenters. The van der Waals surface area contributed by atoms with Crippen molar-refractivity contribution in [2.75, 3.05) is 26.3 Å². The average Bonchev–Trinajstić information content (AvgIpc) is 3.31. The predicted octanol–water partition coefficient (Wildman–Crippen LogP) is 1.30. The Hall–Kier alpha value is -2.19. The first-order chi connectivity index (χ1) is 12.6. The zero-order valence-electron chi connectivity index (χ0n) is 14.7. The molecule has 1 saturated heterocycles. The number of nitrogens with zero attached hydrogens (tertiary/aromatic N) is 3. The lowest BCUT2D eigenvalue weighted by Crippen LogP contribution is -2.58. The summed E-state index contributed by atoms with van der Waals surface area (Å²) in [5, 5.41) is 6.38. The molecule has 1 spiro atoms. The van der Waals surface area contributed by atoms with Crippen molar-refractivity contribution in [3.63, 3.8) is 0 Å². The van der Waals surface area contributed by atoms with Crippen LogP contribution in [0.25, 0.3) is 0 Å². The van der Waals surface area contributed by atoms with E-state index in [0.717, 1.165) is 25.0 Å². The zero-order valence-corrected chi connectivity index (χ0v) is 15.6. The second kappa shape index (κ2) is 6.85. The van der Waals surface area contributed by atoms with Crippen LogP contribution in [0.15, 0.2) is 23.2 Å². The summed E-state index contributed by atoms with van der Waals surface area (Å²) in [4.78, 5) is 31.7. The van der Waals surface area contributed by atoms with Crippen LogP contribution in [0.4, 0.5) is 0 Å². The Morgan fingerprint density at radius 1 is 1.38 bits per heavy atom. The number of aryl methyl sites for hydroxylation is 1. The summed E-state index contributed by atoms with van der Waals surface area (Å²) in [6, 6.07) is 1.76. The minimum absolute atomic E-state index is 0.000542. The second-order valence-corrected chi connectivity index (χ2v) is 7.56. The molecule has 2 aromatic rings. The number of hydrogen-bond donors (Lipinski definition) is 1. The van der Waals surface area contributed by atoms with Gasteiger partial charge in [-0.1, -0.05) is 0 Å². The summed E-state index contributed by atoms with van der Waals surface area (Å²) < 4.78 is 7.60. The number of carbonyl (C=O) groups excluding carboxylic acids is 2. The van der Waals surface area contributed by atoms with E-state index in [1.807, 2.05) is 28.2 Å². The van der Waals surface area contributed by atoms with E-state index < -0.39 is 5.54 Å². The molecule has 0 aromatic carbocycles. The van der Waals surface area contributed by atoms with Crippen LogP contribution in [-0.4, -0.2) is 52.6 Å². The van der Waals surface area contributed by atoms with Crippen molar-refractivity contribution in [2.45, 2.75) is 24.8 Å². The van der Waals surface area contributed by atoms with Crippen molar-refractivity contribution in [1.82, 2.24) is 19.8 Å². The first kappa shape index (κ1) is 17.2. The number of amides is 2. The number of nitrogens with one attached hydrogen (secondary N) is 1. The molecule has 1 fully saturated rings. The highest BCUT2D eigenvalue weighted by atomic mass is 32.1. The molecular formula is C18H22N4O3S. The first-order valence-electron chi connectivity index (χ1n) is 8.81. The molecule has 2 aliphatic rings. The molecule has 138 valence electrons. The van der Waals surface area contributed by atoms with Crippen LogP contribution in [0.5, 0.6) is 0 Å². The van der Waals surface area contributed by atoms with Gasteiger partial charge in [-0.15, -0.1) is 0 Å².